The summed E-state index contributed by atoms with van der Waals surface area (Å²) in [7, 11) is -2.80. The first kappa shape index (κ1) is 28.0. The number of carbonyl (C=O) groups is 1. The fourth-order valence-corrected chi connectivity index (χ4v) is 5.08. The molecule has 1 amide bonds. The van der Waals surface area contributed by atoms with Crippen LogP contribution in [0.25, 0.3) is 27.0 Å². The van der Waals surface area contributed by atoms with Crippen LogP contribution in [0.5, 0.6) is 5.75 Å². The van der Waals surface area contributed by atoms with Crippen molar-refractivity contribution in [3.05, 3.63) is 74.6 Å². The van der Waals surface area contributed by atoms with Gasteiger partial charge in [-0.1, -0.05) is 6.07 Å². The number of nitrogens with zero attached hydrogens (tertiary/aromatic N) is 3. The van der Waals surface area contributed by atoms with Crippen molar-refractivity contribution in [2.24, 2.45) is 7.05 Å². The highest BCUT2D eigenvalue weighted by Crippen LogP contribution is 2.35. The predicted octanol–water partition coefficient (Wildman–Crippen LogP) is 2.98. The highest BCUT2D eigenvalue weighted by atomic mass is 32.2. The Labute approximate surface area is 223 Å². The van der Waals surface area contributed by atoms with Crippen molar-refractivity contribution in [2.45, 2.75) is 20.0 Å². The van der Waals surface area contributed by atoms with Crippen LogP contribution in [0.15, 0.2) is 52.1 Å². The molecule has 0 bridgehead atoms. The molecule has 4 rings (SSSR count). The number of aromatic nitrogens is 3. The molecule has 0 atom stereocenters. The topological polar surface area (TPSA) is 129 Å². The second kappa shape index (κ2) is 10.3. The van der Waals surface area contributed by atoms with Crippen LogP contribution in [0, 0.1) is 6.92 Å². The second-order valence-electron chi connectivity index (χ2n) is 8.45. The first-order valence-electron chi connectivity index (χ1n) is 11.3. The van der Waals surface area contributed by atoms with Gasteiger partial charge in [0.2, 0.25) is 10.0 Å². The van der Waals surface area contributed by atoms with Gasteiger partial charge in [0.1, 0.15) is 11.4 Å². The van der Waals surface area contributed by atoms with Gasteiger partial charge in [-0.3, -0.25) is 18.9 Å². The average molecular weight is 583 g/mol. The lowest BCUT2D eigenvalue weighted by Gasteiger charge is -2.14. The summed E-state index contributed by atoms with van der Waals surface area (Å²) in [6.07, 6.45) is -4.88. The van der Waals surface area contributed by atoms with E-state index < -0.39 is 45.7 Å². The molecule has 2 aromatic heterocycles. The number of sulfonamides is 1. The maximum absolute atomic E-state index is 13.2. The van der Waals surface area contributed by atoms with E-state index in [0.29, 0.717) is 36.5 Å². The lowest BCUT2D eigenvalue weighted by atomic mass is 10.0. The van der Waals surface area contributed by atoms with E-state index in [1.807, 2.05) is 4.72 Å². The van der Waals surface area contributed by atoms with Crippen LogP contribution < -0.4 is 20.7 Å². The van der Waals surface area contributed by atoms with Crippen LogP contribution in [0.2, 0.25) is 0 Å². The standard InChI is InChI=1S/C24H21F3N4O6S2/c1-4-39(35,36)29-20(32)12-37-15-7-5-13(2)16(10-15)22-17-9-14(6-8-18(17)38-28-22)31-21(33)11-19(24(25,26)27)30(3)23(31)34/h5-11H,4,12H2,1-3H3,(H,29,32). The van der Waals surface area contributed by atoms with Gasteiger partial charge in [-0.25, -0.2) is 17.8 Å². The number of halogens is 3. The zero-order chi connectivity index (χ0) is 28.7. The fraction of sp³-hybridized carbons (Fsp3) is 0.250. The van der Waals surface area contributed by atoms with E-state index in [0.717, 1.165) is 24.1 Å². The maximum Gasteiger partial charge on any atom is 0.431 e. The molecule has 0 aliphatic carbocycles. The molecule has 0 spiro atoms. The van der Waals surface area contributed by atoms with Crippen LogP contribution in [0.3, 0.4) is 0 Å². The molecule has 1 N–H and O–H groups in total. The molecule has 15 heteroatoms. The Bertz CT molecular complexity index is 1820. The van der Waals surface area contributed by atoms with Gasteiger partial charge in [-0.15, -0.1) is 0 Å². The molecule has 206 valence electrons. The van der Waals surface area contributed by atoms with Gasteiger partial charge in [-0.2, -0.15) is 17.5 Å². The van der Waals surface area contributed by atoms with Gasteiger partial charge < -0.3 is 4.74 Å². The number of nitrogens with one attached hydrogen (secondary N) is 1. The molecular formula is C24H21F3N4O6S2. The summed E-state index contributed by atoms with van der Waals surface area (Å²) >= 11 is 1.13. The summed E-state index contributed by atoms with van der Waals surface area (Å²) in [5.74, 6) is -0.854. The fourth-order valence-electron chi connectivity index (χ4n) is 3.77. The van der Waals surface area contributed by atoms with Gasteiger partial charge >= 0.3 is 11.9 Å². The smallest absolute Gasteiger partial charge is 0.431 e. The zero-order valence-corrected chi connectivity index (χ0v) is 22.3. The molecule has 2 heterocycles. The van der Waals surface area contributed by atoms with Crippen LogP contribution in [-0.2, 0) is 28.0 Å². The summed E-state index contributed by atoms with van der Waals surface area (Å²) in [5.41, 5.74) is -1.79. The van der Waals surface area contributed by atoms with Gasteiger partial charge in [0, 0.05) is 24.1 Å². The molecule has 10 nitrogen and oxygen atoms in total. The van der Waals surface area contributed by atoms with E-state index in [1.54, 1.807) is 31.2 Å². The Kier molecular flexibility index (Phi) is 7.40. The molecule has 0 saturated heterocycles. The number of hydrogen-bond donors (Lipinski definition) is 1. The third-order valence-corrected chi connectivity index (χ3v) is 7.93. The van der Waals surface area contributed by atoms with Crippen molar-refractivity contribution in [3.63, 3.8) is 0 Å². The van der Waals surface area contributed by atoms with Crippen molar-refractivity contribution < 1.29 is 31.1 Å². The number of benzene rings is 2. The van der Waals surface area contributed by atoms with Crippen LogP contribution in [0.1, 0.15) is 18.2 Å². The summed E-state index contributed by atoms with van der Waals surface area (Å²) in [5, 5.41) is 0.526. The van der Waals surface area contributed by atoms with Crippen molar-refractivity contribution in [2.75, 3.05) is 12.4 Å². The van der Waals surface area contributed by atoms with Gasteiger partial charge in [-0.05, 0) is 61.3 Å². The highest BCUT2D eigenvalue weighted by molar-refractivity contribution is 7.90. The number of hydrogen-bond acceptors (Lipinski definition) is 8. The normalized spacial score (nSPS) is 12.1. The van der Waals surface area contributed by atoms with E-state index in [-0.39, 0.29) is 17.2 Å². The number of aryl methyl sites for hydroxylation is 1. The third kappa shape index (κ3) is 5.73. The minimum Gasteiger partial charge on any atom is -0.484 e. The maximum atomic E-state index is 13.2. The van der Waals surface area contributed by atoms with Crippen LogP contribution in [0.4, 0.5) is 13.2 Å². The Morgan fingerprint density at radius 3 is 2.51 bits per heavy atom. The van der Waals surface area contributed by atoms with Crippen LogP contribution >= 0.6 is 11.5 Å². The number of amides is 1. The van der Waals surface area contributed by atoms with E-state index in [4.69, 9.17) is 4.74 Å². The van der Waals surface area contributed by atoms with Crippen molar-refractivity contribution in [1.29, 1.82) is 0 Å². The van der Waals surface area contributed by atoms with Gasteiger partial charge in [0.25, 0.3) is 11.5 Å². The molecule has 4 aromatic rings. The summed E-state index contributed by atoms with van der Waals surface area (Å²) < 4.78 is 76.3. The first-order valence-corrected chi connectivity index (χ1v) is 13.7. The SMILES string of the molecule is CCS(=O)(=O)NC(=O)COc1ccc(C)c(-c2nsc3ccc(-n4c(=O)cc(C(F)(F)F)n(C)c4=O)cc23)c1. The number of fused-ring (bicyclic) bond motifs is 1. The number of carbonyl (C=O) groups excluding carboxylic acids is 1. The van der Waals surface area contributed by atoms with Crippen molar-refractivity contribution in [1.82, 2.24) is 18.2 Å². The molecule has 0 saturated carbocycles. The molecular weight excluding hydrogens is 561 g/mol. The molecule has 0 aliphatic heterocycles. The Morgan fingerprint density at radius 1 is 1.13 bits per heavy atom. The number of ether oxygens (including phenoxy) is 1. The second-order valence-corrected chi connectivity index (χ2v) is 11.3. The summed E-state index contributed by atoms with van der Waals surface area (Å²) in [6, 6.07) is 9.79. The van der Waals surface area contributed by atoms with Crippen LogP contribution in [-0.4, -0.2) is 40.2 Å². The molecule has 39 heavy (non-hydrogen) atoms. The average Bonchev–Trinajstić information content (AvgIpc) is 3.28. The predicted molar refractivity (Wildman–Crippen MR) is 139 cm³/mol. The third-order valence-electron chi connectivity index (χ3n) is 5.81. The molecule has 2 aromatic carbocycles. The van der Waals surface area contributed by atoms with E-state index in [9.17, 15) is 36.0 Å². The highest BCUT2D eigenvalue weighted by Gasteiger charge is 2.35. The van der Waals surface area contributed by atoms with Crippen molar-refractivity contribution >= 4 is 37.5 Å². The summed E-state index contributed by atoms with van der Waals surface area (Å²) in [6.45, 7) is 2.63. The largest absolute Gasteiger partial charge is 0.484 e. The van der Waals surface area contributed by atoms with E-state index >= 15 is 0 Å². The Balaban J connectivity index is 1.73. The Morgan fingerprint density at radius 2 is 1.85 bits per heavy atom. The lowest BCUT2D eigenvalue weighted by Crippen LogP contribution is -2.40. The molecule has 0 unspecified atom stereocenters. The first-order chi connectivity index (χ1) is 18.2. The number of rotatable bonds is 7. The monoisotopic (exact) mass is 582 g/mol. The Hall–Kier alpha value is -3.98. The minimum absolute atomic E-state index is 0.0575. The summed E-state index contributed by atoms with van der Waals surface area (Å²) in [4.78, 5) is 37.2. The zero-order valence-electron chi connectivity index (χ0n) is 20.7. The molecule has 0 fully saturated rings. The lowest BCUT2D eigenvalue weighted by molar-refractivity contribution is -0.144. The van der Waals surface area contributed by atoms with E-state index in [2.05, 4.69) is 4.37 Å². The molecule has 0 radical (unpaired) electrons. The van der Waals surface area contributed by atoms with E-state index in [1.165, 1.54) is 19.1 Å². The van der Waals surface area contributed by atoms with Crippen molar-refractivity contribution in [3.8, 4) is 22.7 Å². The quantitative estimate of drug-likeness (QED) is 0.355. The van der Waals surface area contributed by atoms with Gasteiger partial charge in [0.05, 0.1) is 21.8 Å². The minimum atomic E-state index is -4.88. The molecule has 0 aliphatic rings. The number of alkyl halides is 3. The van der Waals surface area contributed by atoms with Gasteiger partial charge in [0.15, 0.2) is 6.61 Å².